The monoisotopic (exact) mass is 460 g/mol. The Bertz CT molecular complexity index is 1080. The minimum Gasteiger partial charge on any atom is -0.492 e. The van der Waals surface area contributed by atoms with Gasteiger partial charge in [0.2, 0.25) is 0 Å². The molecule has 6 nitrogen and oxygen atoms in total. The van der Waals surface area contributed by atoms with Crippen LogP contribution in [0.1, 0.15) is 19.4 Å². The van der Waals surface area contributed by atoms with E-state index in [2.05, 4.69) is 15.0 Å². The van der Waals surface area contributed by atoms with E-state index >= 15 is 0 Å². The van der Waals surface area contributed by atoms with Crippen molar-refractivity contribution in [2.24, 2.45) is 5.41 Å². The average Bonchev–Trinajstić information content (AvgIpc) is 2.76. The number of pyridine rings is 1. The number of aromatic nitrogens is 1. The highest BCUT2D eigenvalue weighted by Crippen LogP contribution is 2.26. The van der Waals surface area contributed by atoms with E-state index in [4.69, 9.17) is 9.84 Å². The number of aliphatic carboxylic acids is 1. The summed E-state index contributed by atoms with van der Waals surface area (Å²) >= 11 is 0. The summed E-state index contributed by atoms with van der Waals surface area (Å²) in [4.78, 5) is 15.5. The molecule has 0 amide bonds. The van der Waals surface area contributed by atoms with Gasteiger partial charge in [0.1, 0.15) is 23.9 Å². The van der Waals surface area contributed by atoms with Crippen molar-refractivity contribution in [3.63, 3.8) is 0 Å². The third kappa shape index (κ3) is 7.13. The van der Waals surface area contributed by atoms with Crippen LogP contribution in [0.4, 0.5) is 19.0 Å². The first-order valence-corrected chi connectivity index (χ1v) is 10.0. The summed E-state index contributed by atoms with van der Waals surface area (Å²) < 4.78 is 46.6. The van der Waals surface area contributed by atoms with Crippen molar-refractivity contribution in [3.05, 3.63) is 72.4 Å². The lowest BCUT2D eigenvalue weighted by atomic mass is 9.95. The molecule has 3 rings (SSSR count). The van der Waals surface area contributed by atoms with Crippen LogP contribution in [-0.2, 0) is 11.3 Å². The molecule has 0 fully saturated rings. The summed E-state index contributed by atoms with van der Waals surface area (Å²) in [6.07, 6.45) is -3.06. The van der Waals surface area contributed by atoms with Crippen molar-refractivity contribution in [2.45, 2.75) is 26.8 Å². The number of nitrogens with one attached hydrogen (secondary N) is 1. The van der Waals surface area contributed by atoms with Gasteiger partial charge in [0.15, 0.2) is 0 Å². The summed E-state index contributed by atoms with van der Waals surface area (Å²) in [5, 5.41) is 12.2. The van der Waals surface area contributed by atoms with Gasteiger partial charge in [0.05, 0.1) is 5.41 Å². The third-order valence-electron chi connectivity index (χ3n) is 4.74. The topological polar surface area (TPSA) is 80.7 Å². The number of hydrogen-bond donors (Lipinski definition) is 2. The molecular weight excluding hydrogens is 437 g/mol. The number of alkyl halides is 3. The Morgan fingerprint density at radius 1 is 1.00 bits per heavy atom. The van der Waals surface area contributed by atoms with E-state index in [0.29, 0.717) is 17.1 Å². The zero-order valence-electron chi connectivity index (χ0n) is 18.0. The van der Waals surface area contributed by atoms with Crippen LogP contribution in [0.3, 0.4) is 0 Å². The van der Waals surface area contributed by atoms with Gasteiger partial charge in [-0.3, -0.25) is 4.79 Å². The maximum Gasteiger partial charge on any atom is 0.573 e. The lowest BCUT2D eigenvalue weighted by molar-refractivity contribution is -0.274. The molecule has 1 aromatic heterocycles. The van der Waals surface area contributed by atoms with E-state index in [1.807, 2.05) is 18.2 Å². The van der Waals surface area contributed by atoms with E-state index in [-0.39, 0.29) is 18.9 Å². The fourth-order valence-electron chi connectivity index (χ4n) is 2.78. The summed E-state index contributed by atoms with van der Waals surface area (Å²) in [6.45, 7) is 3.52. The minimum absolute atomic E-state index is 0.0504. The third-order valence-corrected chi connectivity index (χ3v) is 4.74. The molecule has 0 saturated carbocycles. The molecule has 0 radical (unpaired) electrons. The summed E-state index contributed by atoms with van der Waals surface area (Å²) in [5.74, 6) is -0.0712. The molecule has 9 heteroatoms. The number of carbonyl (C=O) groups is 1. The molecule has 1 heterocycles. The highest BCUT2D eigenvalue weighted by atomic mass is 19.4. The van der Waals surface area contributed by atoms with Gasteiger partial charge in [-0.15, -0.1) is 13.2 Å². The van der Waals surface area contributed by atoms with Crippen molar-refractivity contribution in [2.75, 3.05) is 11.9 Å². The Hall–Kier alpha value is -3.75. The van der Waals surface area contributed by atoms with Crippen LogP contribution < -0.4 is 14.8 Å². The Balaban J connectivity index is 1.57. The van der Waals surface area contributed by atoms with Crippen molar-refractivity contribution < 1.29 is 32.5 Å². The average molecular weight is 460 g/mol. The Kier molecular flexibility index (Phi) is 7.10. The lowest BCUT2D eigenvalue weighted by Gasteiger charge is -2.19. The van der Waals surface area contributed by atoms with Crippen LogP contribution in [0.2, 0.25) is 0 Å². The second kappa shape index (κ2) is 9.81. The van der Waals surface area contributed by atoms with Gasteiger partial charge in [-0.1, -0.05) is 24.3 Å². The molecule has 0 spiro atoms. The fraction of sp³-hybridized carbons (Fsp3) is 0.250. The van der Waals surface area contributed by atoms with Crippen molar-refractivity contribution in [1.29, 1.82) is 0 Å². The number of ether oxygens (including phenoxy) is 2. The van der Waals surface area contributed by atoms with E-state index in [1.165, 1.54) is 18.2 Å². The van der Waals surface area contributed by atoms with Crippen LogP contribution in [0, 0.1) is 5.41 Å². The van der Waals surface area contributed by atoms with E-state index in [0.717, 1.165) is 11.1 Å². The maximum atomic E-state index is 12.4. The first-order valence-electron chi connectivity index (χ1n) is 10.0. The molecular formula is C24H23F3N2O4. The Labute approximate surface area is 189 Å². The van der Waals surface area contributed by atoms with Gasteiger partial charge in [-0.05, 0) is 61.4 Å². The molecule has 174 valence electrons. The van der Waals surface area contributed by atoms with Gasteiger partial charge >= 0.3 is 12.3 Å². The fourth-order valence-corrected chi connectivity index (χ4v) is 2.78. The Morgan fingerprint density at radius 3 is 2.30 bits per heavy atom. The number of carboxylic acids is 1. The molecule has 3 aromatic rings. The summed E-state index contributed by atoms with van der Waals surface area (Å²) in [6, 6.07) is 16.6. The van der Waals surface area contributed by atoms with Gasteiger partial charge < -0.3 is 19.9 Å². The number of anilines is 1. The van der Waals surface area contributed by atoms with Crippen LogP contribution >= 0.6 is 0 Å². The molecule has 0 saturated heterocycles. The zero-order valence-corrected chi connectivity index (χ0v) is 18.0. The highest BCUT2D eigenvalue weighted by Gasteiger charge is 2.31. The van der Waals surface area contributed by atoms with Crippen molar-refractivity contribution in [1.82, 2.24) is 4.98 Å². The van der Waals surface area contributed by atoms with Crippen LogP contribution in [0.5, 0.6) is 11.5 Å². The second-order valence-electron chi connectivity index (χ2n) is 7.98. The van der Waals surface area contributed by atoms with Crippen LogP contribution in [0.15, 0.2) is 66.9 Å². The molecule has 0 aliphatic heterocycles. The minimum atomic E-state index is -4.73. The molecule has 0 bridgehead atoms. The standard InChI is InChI=1S/C24H23F3N2O4/c1-23(2,22(30)31)15-32-19-9-6-17(7-10-19)18-8-11-21(29-14-18)28-13-16-4-3-5-20(12-16)33-24(25,26)27/h3-12,14H,13,15H2,1-2H3,(H,28,29)(H,30,31). The molecule has 0 aliphatic carbocycles. The normalized spacial score (nSPS) is 11.7. The predicted octanol–water partition coefficient (Wildman–Crippen LogP) is 5.75. The number of rotatable bonds is 9. The number of nitrogens with zero attached hydrogens (tertiary/aromatic N) is 1. The summed E-state index contributed by atoms with van der Waals surface area (Å²) in [7, 11) is 0. The lowest BCUT2D eigenvalue weighted by Crippen LogP contribution is -2.30. The van der Waals surface area contributed by atoms with E-state index in [9.17, 15) is 18.0 Å². The molecule has 0 atom stereocenters. The van der Waals surface area contributed by atoms with Gasteiger partial charge in [-0.25, -0.2) is 4.98 Å². The number of hydrogen-bond acceptors (Lipinski definition) is 5. The number of benzene rings is 2. The molecule has 0 unspecified atom stereocenters. The maximum absolute atomic E-state index is 12.4. The number of carboxylic acid groups (broad SMARTS) is 1. The van der Waals surface area contributed by atoms with Gasteiger partial charge in [-0.2, -0.15) is 0 Å². The van der Waals surface area contributed by atoms with Crippen LogP contribution in [0.25, 0.3) is 11.1 Å². The van der Waals surface area contributed by atoms with E-state index in [1.54, 1.807) is 44.3 Å². The van der Waals surface area contributed by atoms with E-state index < -0.39 is 17.7 Å². The molecule has 0 aliphatic rings. The molecule has 33 heavy (non-hydrogen) atoms. The largest absolute Gasteiger partial charge is 0.573 e. The highest BCUT2D eigenvalue weighted by molar-refractivity contribution is 5.73. The number of halogens is 3. The SMILES string of the molecule is CC(C)(COc1ccc(-c2ccc(NCc3cccc(OC(F)(F)F)c3)nc2)cc1)C(=O)O. The summed E-state index contributed by atoms with van der Waals surface area (Å²) in [5.41, 5.74) is 1.39. The smallest absolute Gasteiger partial charge is 0.492 e. The van der Waals surface area contributed by atoms with Crippen molar-refractivity contribution in [3.8, 4) is 22.6 Å². The Morgan fingerprint density at radius 2 is 1.70 bits per heavy atom. The first kappa shape index (κ1) is 23.9. The van der Waals surface area contributed by atoms with Gasteiger partial charge in [0, 0.05) is 18.3 Å². The predicted molar refractivity (Wildman–Crippen MR) is 117 cm³/mol. The zero-order chi connectivity index (χ0) is 24.1. The van der Waals surface area contributed by atoms with Crippen molar-refractivity contribution >= 4 is 11.8 Å². The molecule has 2 aromatic carbocycles. The molecule has 2 N–H and O–H groups in total. The first-order chi connectivity index (χ1) is 15.5. The second-order valence-corrected chi connectivity index (χ2v) is 7.98. The van der Waals surface area contributed by atoms with Crippen LogP contribution in [-0.4, -0.2) is 29.0 Å². The quantitative estimate of drug-likeness (QED) is 0.423. The van der Waals surface area contributed by atoms with Gasteiger partial charge in [0.25, 0.3) is 0 Å².